The van der Waals surface area contributed by atoms with Crippen molar-refractivity contribution in [2.75, 3.05) is 17.7 Å². The molecule has 0 bridgehead atoms. The monoisotopic (exact) mass is 330 g/mol. The molecule has 3 rings (SSSR count). The quantitative estimate of drug-likeness (QED) is 0.795. The molecule has 128 valence electrons. The molecule has 2 aromatic rings. The van der Waals surface area contributed by atoms with Gasteiger partial charge in [-0.25, -0.2) is 9.78 Å². The lowest BCUT2D eigenvalue weighted by atomic mass is 9.91. The van der Waals surface area contributed by atoms with Gasteiger partial charge in [0.15, 0.2) is 5.76 Å². The van der Waals surface area contributed by atoms with Crippen molar-refractivity contribution in [1.29, 1.82) is 0 Å². The van der Waals surface area contributed by atoms with Gasteiger partial charge in [0.05, 0.1) is 13.3 Å². The molecule has 1 saturated carbocycles. The standard InChI is InChI=1S/C17H22N4O3/c1-23-17(22)20-12-6-4-5-11(9-12)15-10-19-16(24-15)21-14-8-3-2-7-13(14)18/h4-6,9-10,13-14H,2-3,7-8,18H2,1H3,(H,19,21)(H,20,22)/t13-,14-/m1/s1. The average Bonchev–Trinajstić information content (AvgIpc) is 3.06. The van der Waals surface area contributed by atoms with Crippen LogP contribution in [0, 0.1) is 0 Å². The van der Waals surface area contributed by atoms with Crippen LogP contribution in [-0.2, 0) is 4.74 Å². The molecule has 24 heavy (non-hydrogen) atoms. The average molecular weight is 330 g/mol. The minimum atomic E-state index is -0.515. The molecular formula is C17H22N4O3. The summed E-state index contributed by atoms with van der Waals surface area (Å²) in [6.07, 6.45) is 5.53. The van der Waals surface area contributed by atoms with Crippen LogP contribution < -0.4 is 16.4 Å². The van der Waals surface area contributed by atoms with Gasteiger partial charge in [0.1, 0.15) is 0 Å². The minimum absolute atomic E-state index is 0.127. The maximum atomic E-state index is 11.3. The number of benzene rings is 1. The first-order chi connectivity index (χ1) is 11.7. The maximum Gasteiger partial charge on any atom is 0.411 e. The highest BCUT2D eigenvalue weighted by molar-refractivity contribution is 5.85. The summed E-state index contributed by atoms with van der Waals surface area (Å²) in [6, 6.07) is 8.08. The van der Waals surface area contributed by atoms with Crippen LogP contribution in [0.2, 0.25) is 0 Å². The van der Waals surface area contributed by atoms with Crippen LogP contribution in [0.4, 0.5) is 16.5 Å². The molecule has 0 saturated heterocycles. The number of rotatable bonds is 4. The zero-order valence-corrected chi connectivity index (χ0v) is 13.6. The molecule has 0 unspecified atom stereocenters. The summed E-state index contributed by atoms with van der Waals surface area (Å²) in [7, 11) is 1.32. The van der Waals surface area contributed by atoms with Crippen molar-refractivity contribution in [3.63, 3.8) is 0 Å². The second-order valence-corrected chi connectivity index (χ2v) is 5.93. The number of nitrogens with zero attached hydrogens (tertiary/aromatic N) is 1. The molecule has 1 amide bonds. The fourth-order valence-corrected chi connectivity index (χ4v) is 2.89. The first-order valence-electron chi connectivity index (χ1n) is 8.09. The highest BCUT2D eigenvalue weighted by Crippen LogP contribution is 2.27. The zero-order chi connectivity index (χ0) is 16.9. The minimum Gasteiger partial charge on any atom is -0.453 e. The van der Waals surface area contributed by atoms with E-state index >= 15 is 0 Å². The highest BCUT2D eigenvalue weighted by Gasteiger charge is 2.23. The van der Waals surface area contributed by atoms with Crippen LogP contribution in [0.15, 0.2) is 34.9 Å². The number of nitrogens with one attached hydrogen (secondary N) is 2. The van der Waals surface area contributed by atoms with Gasteiger partial charge in [-0.05, 0) is 25.0 Å². The third-order valence-corrected chi connectivity index (χ3v) is 4.21. The van der Waals surface area contributed by atoms with Gasteiger partial charge < -0.3 is 20.2 Å². The van der Waals surface area contributed by atoms with Crippen molar-refractivity contribution in [2.24, 2.45) is 5.73 Å². The van der Waals surface area contributed by atoms with Gasteiger partial charge >= 0.3 is 6.09 Å². The fourth-order valence-electron chi connectivity index (χ4n) is 2.89. The molecule has 2 atom stereocenters. The molecule has 0 aliphatic heterocycles. The second-order valence-electron chi connectivity index (χ2n) is 5.93. The summed E-state index contributed by atoms with van der Waals surface area (Å²) in [5.74, 6) is 0.621. The summed E-state index contributed by atoms with van der Waals surface area (Å²) in [5, 5.41) is 5.91. The molecule has 1 aromatic heterocycles. The lowest BCUT2D eigenvalue weighted by molar-refractivity contribution is 0.187. The van der Waals surface area contributed by atoms with Gasteiger partial charge in [0, 0.05) is 23.3 Å². The summed E-state index contributed by atoms with van der Waals surface area (Å²) in [6.45, 7) is 0. The van der Waals surface area contributed by atoms with Gasteiger partial charge in [-0.15, -0.1) is 0 Å². The highest BCUT2D eigenvalue weighted by atomic mass is 16.5. The Labute approximate surface area is 140 Å². The largest absolute Gasteiger partial charge is 0.453 e. The molecule has 7 heteroatoms. The zero-order valence-electron chi connectivity index (χ0n) is 13.6. The lowest BCUT2D eigenvalue weighted by Gasteiger charge is -2.28. The van der Waals surface area contributed by atoms with E-state index in [0.717, 1.165) is 18.4 Å². The fraction of sp³-hybridized carbons (Fsp3) is 0.412. The van der Waals surface area contributed by atoms with Crippen LogP contribution >= 0.6 is 0 Å². The molecule has 0 radical (unpaired) electrons. The number of amides is 1. The SMILES string of the molecule is COC(=O)Nc1cccc(-c2cnc(N[C@@H]3CCCC[C@H]3N)o2)c1. The maximum absolute atomic E-state index is 11.3. The first kappa shape index (κ1) is 16.3. The van der Waals surface area contributed by atoms with Gasteiger partial charge in [0.25, 0.3) is 6.01 Å². The number of nitrogens with two attached hydrogens (primary N) is 1. The lowest BCUT2D eigenvalue weighted by Crippen LogP contribution is -2.42. The Morgan fingerprint density at radius 2 is 2.21 bits per heavy atom. The van der Waals surface area contributed by atoms with Crippen LogP contribution in [-0.4, -0.2) is 30.3 Å². The molecule has 1 aliphatic carbocycles. The summed E-state index contributed by atoms with van der Waals surface area (Å²) in [4.78, 5) is 15.6. The number of ether oxygens (including phenoxy) is 1. The van der Waals surface area contributed by atoms with Crippen molar-refractivity contribution in [2.45, 2.75) is 37.8 Å². The summed E-state index contributed by atoms with van der Waals surface area (Å²) < 4.78 is 10.4. The molecule has 4 N–H and O–H groups in total. The van der Waals surface area contributed by atoms with Crippen molar-refractivity contribution < 1.29 is 13.9 Å². The molecule has 1 fully saturated rings. The van der Waals surface area contributed by atoms with E-state index in [1.54, 1.807) is 18.3 Å². The van der Waals surface area contributed by atoms with Gasteiger partial charge in [-0.3, -0.25) is 5.32 Å². The Morgan fingerprint density at radius 1 is 1.38 bits per heavy atom. The van der Waals surface area contributed by atoms with E-state index in [1.807, 2.05) is 12.1 Å². The number of carbonyl (C=O) groups is 1. The predicted molar refractivity (Wildman–Crippen MR) is 91.8 cm³/mol. The number of hydrogen-bond donors (Lipinski definition) is 3. The van der Waals surface area contributed by atoms with E-state index in [4.69, 9.17) is 10.2 Å². The van der Waals surface area contributed by atoms with Crippen molar-refractivity contribution in [1.82, 2.24) is 4.98 Å². The van der Waals surface area contributed by atoms with E-state index in [-0.39, 0.29) is 12.1 Å². The van der Waals surface area contributed by atoms with Crippen LogP contribution in [0.3, 0.4) is 0 Å². The van der Waals surface area contributed by atoms with E-state index in [1.165, 1.54) is 20.0 Å². The number of aromatic nitrogens is 1. The third kappa shape index (κ3) is 3.86. The smallest absolute Gasteiger partial charge is 0.411 e. The van der Waals surface area contributed by atoms with Gasteiger partial charge in [-0.2, -0.15) is 0 Å². The Kier molecular flexibility index (Phi) is 5.00. The van der Waals surface area contributed by atoms with Crippen molar-refractivity contribution >= 4 is 17.8 Å². The Hall–Kier alpha value is -2.54. The number of carbonyl (C=O) groups excluding carboxylic acids is 1. The van der Waals surface area contributed by atoms with Crippen LogP contribution in [0.25, 0.3) is 11.3 Å². The molecule has 1 aliphatic rings. The van der Waals surface area contributed by atoms with E-state index in [2.05, 4.69) is 20.4 Å². The number of anilines is 2. The first-order valence-corrected chi connectivity index (χ1v) is 8.09. The molecule has 1 heterocycles. The van der Waals surface area contributed by atoms with E-state index < -0.39 is 6.09 Å². The molecular weight excluding hydrogens is 308 g/mol. The summed E-state index contributed by atoms with van der Waals surface area (Å²) >= 11 is 0. The second kappa shape index (κ2) is 7.35. The molecule has 1 aromatic carbocycles. The third-order valence-electron chi connectivity index (χ3n) is 4.21. The normalized spacial score (nSPS) is 20.4. The van der Waals surface area contributed by atoms with Crippen LogP contribution in [0.1, 0.15) is 25.7 Å². The summed E-state index contributed by atoms with van der Waals surface area (Å²) in [5.41, 5.74) is 7.58. The molecule has 7 nitrogen and oxygen atoms in total. The Balaban J connectivity index is 1.71. The van der Waals surface area contributed by atoms with Gasteiger partial charge in [0.2, 0.25) is 0 Å². The molecule has 0 spiro atoms. The number of hydrogen-bond acceptors (Lipinski definition) is 6. The van der Waals surface area contributed by atoms with E-state index in [9.17, 15) is 4.79 Å². The topological polar surface area (TPSA) is 102 Å². The Bertz CT molecular complexity index is 701. The van der Waals surface area contributed by atoms with Gasteiger partial charge in [-0.1, -0.05) is 25.0 Å². The van der Waals surface area contributed by atoms with Crippen molar-refractivity contribution in [3.8, 4) is 11.3 Å². The number of oxazole rings is 1. The van der Waals surface area contributed by atoms with Crippen LogP contribution in [0.5, 0.6) is 0 Å². The number of methoxy groups -OCH3 is 1. The Morgan fingerprint density at radius 3 is 3.00 bits per heavy atom. The predicted octanol–water partition coefficient (Wildman–Crippen LogP) is 3.20. The van der Waals surface area contributed by atoms with Crippen molar-refractivity contribution in [3.05, 3.63) is 30.5 Å². The van der Waals surface area contributed by atoms with E-state index in [0.29, 0.717) is 17.5 Å².